The van der Waals surface area contributed by atoms with Crippen LogP contribution < -0.4 is 0 Å². The Hall–Kier alpha value is -1.91. The van der Waals surface area contributed by atoms with Crippen LogP contribution in [0.25, 0.3) is 5.65 Å². The third-order valence-electron chi connectivity index (χ3n) is 4.78. The number of aryl methyl sites for hydroxylation is 3. The molecule has 0 N–H and O–H groups in total. The summed E-state index contributed by atoms with van der Waals surface area (Å²) >= 11 is 1.25. The minimum Gasteiger partial charge on any atom is -0.245 e. The van der Waals surface area contributed by atoms with Crippen LogP contribution in [0, 0.1) is 20.8 Å². The van der Waals surface area contributed by atoms with E-state index in [1.165, 1.54) is 22.3 Å². The molecule has 0 aromatic carbocycles. The highest BCUT2D eigenvalue weighted by atomic mass is 32.2. The van der Waals surface area contributed by atoms with Gasteiger partial charge in [-0.05, 0) is 45.2 Å². The van der Waals surface area contributed by atoms with E-state index in [0.717, 1.165) is 34.8 Å². The first-order valence-electron chi connectivity index (χ1n) is 8.48. The SMILES string of the molecule is Cc1nc(C)c(S(=O)(=O)N2CCC(c3nn4ncnc4cc3C)CC2)s1. The van der Waals surface area contributed by atoms with Gasteiger partial charge in [0.05, 0.1) is 16.4 Å². The number of piperidine rings is 1. The Morgan fingerprint density at radius 3 is 2.58 bits per heavy atom. The number of hydrogen-bond donors (Lipinski definition) is 0. The van der Waals surface area contributed by atoms with Crippen molar-refractivity contribution in [2.24, 2.45) is 0 Å². The van der Waals surface area contributed by atoms with Gasteiger partial charge in [-0.3, -0.25) is 0 Å². The van der Waals surface area contributed by atoms with Crippen molar-refractivity contribution in [1.29, 1.82) is 0 Å². The molecule has 0 saturated carbocycles. The molecule has 138 valence electrons. The molecule has 1 saturated heterocycles. The minimum absolute atomic E-state index is 0.222. The van der Waals surface area contributed by atoms with E-state index in [1.807, 2.05) is 19.9 Å². The molecule has 0 bridgehead atoms. The Kier molecular flexibility index (Phi) is 4.28. The molecule has 1 aliphatic rings. The molecule has 0 aliphatic carbocycles. The Balaban J connectivity index is 1.55. The monoisotopic (exact) mass is 392 g/mol. The van der Waals surface area contributed by atoms with E-state index >= 15 is 0 Å². The van der Waals surface area contributed by atoms with Crippen LogP contribution in [0.15, 0.2) is 16.6 Å². The van der Waals surface area contributed by atoms with Gasteiger partial charge < -0.3 is 0 Å². The van der Waals surface area contributed by atoms with E-state index in [9.17, 15) is 8.42 Å². The van der Waals surface area contributed by atoms with Crippen LogP contribution in [0.5, 0.6) is 0 Å². The predicted molar refractivity (Wildman–Crippen MR) is 97.8 cm³/mol. The molecule has 0 radical (unpaired) electrons. The van der Waals surface area contributed by atoms with Crippen molar-refractivity contribution in [3.63, 3.8) is 0 Å². The van der Waals surface area contributed by atoms with Crippen LogP contribution >= 0.6 is 11.3 Å². The summed E-state index contributed by atoms with van der Waals surface area (Å²) in [4.78, 5) is 8.41. The van der Waals surface area contributed by atoms with Crippen molar-refractivity contribution in [3.05, 3.63) is 34.4 Å². The second-order valence-electron chi connectivity index (χ2n) is 6.60. The Morgan fingerprint density at radius 1 is 1.19 bits per heavy atom. The lowest BCUT2D eigenvalue weighted by molar-refractivity contribution is 0.315. The van der Waals surface area contributed by atoms with Gasteiger partial charge in [0.2, 0.25) is 0 Å². The zero-order valence-electron chi connectivity index (χ0n) is 14.9. The van der Waals surface area contributed by atoms with E-state index in [1.54, 1.807) is 11.2 Å². The third kappa shape index (κ3) is 2.91. The summed E-state index contributed by atoms with van der Waals surface area (Å²) in [6.45, 7) is 6.57. The molecule has 1 fully saturated rings. The predicted octanol–water partition coefficient (Wildman–Crippen LogP) is 2.07. The van der Waals surface area contributed by atoms with Crippen molar-refractivity contribution in [2.45, 2.75) is 43.7 Å². The number of fused-ring (bicyclic) bond motifs is 1. The summed E-state index contributed by atoms with van der Waals surface area (Å²) < 4.78 is 29.3. The molecule has 0 amide bonds. The van der Waals surface area contributed by atoms with Crippen LogP contribution in [-0.4, -0.2) is 50.6 Å². The normalized spacial score (nSPS) is 17.2. The van der Waals surface area contributed by atoms with E-state index in [4.69, 9.17) is 0 Å². The second-order valence-corrected chi connectivity index (χ2v) is 9.94. The van der Waals surface area contributed by atoms with Gasteiger partial charge in [-0.2, -0.15) is 9.40 Å². The van der Waals surface area contributed by atoms with Crippen molar-refractivity contribution < 1.29 is 8.42 Å². The maximum absolute atomic E-state index is 12.9. The molecule has 0 atom stereocenters. The number of aromatic nitrogens is 5. The maximum Gasteiger partial charge on any atom is 0.254 e. The molecule has 3 aromatic rings. The van der Waals surface area contributed by atoms with Crippen LogP contribution in [0.1, 0.15) is 40.7 Å². The van der Waals surface area contributed by atoms with Crippen molar-refractivity contribution in [2.75, 3.05) is 13.1 Å². The first-order valence-corrected chi connectivity index (χ1v) is 10.7. The number of hydrogen-bond acceptors (Lipinski definition) is 7. The molecular weight excluding hydrogens is 372 g/mol. The van der Waals surface area contributed by atoms with Gasteiger partial charge in [-0.1, -0.05) is 0 Å². The molecule has 3 aromatic heterocycles. The van der Waals surface area contributed by atoms with Crippen molar-refractivity contribution >= 4 is 27.0 Å². The van der Waals surface area contributed by atoms with Gasteiger partial charge in [0.25, 0.3) is 10.0 Å². The first kappa shape index (κ1) is 17.5. The number of sulfonamides is 1. The highest BCUT2D eigenvalue weighted by molar-refractivity contribution is 7.91. The van der Waals surface area contributed by atoms with Gasteiger partial charge in [0.15, 0.2) is 9.86 Å². The molecule has 1 aliphatic heterocycles. The average Bonchev–Trinajstić information content (AvgIpc) is 3.19. The van der Waals surface area contributed by atoms with Gasteiger partial charge in [0, 0.05) is 19.0 Å². The molecule has 4 heterocycles. The summed E-state index contributed by atoms with van der Waals surface area (Å²) in [6.07, 6.45) is 2.97. The van der Waals surface area contributed by atoms with Crippen LogP contribution in [-0.2, 0) is 10.0 Å². The zero-order valence-corrected chi connectivity index (χ0v) is 16.5. The van der Waals surface area contributed by atoms with E-state index in [-0.39, 0.29) is 5.92 Å². The fourth-order valence-corrected chi connectivity index (χ4v) is 6.60. The number of nitrogens with zero attached hydrogens (tertiary/aromatic N) is 6. The number of thiazole rings is 1. The summed E-state index contributed by atoms with van der Waals surface area (Å²) in [6, 6.07) is 1.97. The summed E-state index contributed by atoms with van der Waals surface area (Å²) in [5, 5.41) is 9.47. The van der Waals surface area contributed by atoms with Crippen LogP contribution in [0.3, 0.4) is 0 Å². The van der Waals surface area contributed by atoms with Gasteiger partial charge in [-0.15, -0.1) is 21.1 Å². The Bertz CT molecular complexity index is 1060. The van der Waals surface area contributed by atoms with Crippen molar-refractivity contribution in [3.8, 4) is 0 Å². The lowest BCUT2D eigenvalue weighted by Crippen LogP contribution is -2.38. The standard InChI is InChI=1S/C16H20N6O2S2/c1-10-8-14-17-9-18-22(14)20-15(10)13-4-6-21(7-5-13)26(23,24)16-11(2)19-12(3)25-16/h8-9,13H,4-7H2,1-3H3. The maximum atomic E-state index is 12.9. The largest absolute Gasteiger partial charge is 0.254 e. The van der Waals surface area contributed by atoms with Gasteiger partial charge >= 0.3 is 0 Å². The molecule has 0 spiro atoms. The summed E-state index contributed by atoms with van der Waals surface area (Å²) in [5.41, 5.74) is 3.36. The minimum atomic E-state index is -3.47. The molecule has 0 unspecified atom stereocenters. The molecular formula is C16H20N6O2S2. The fraction of sp³-hybridized carbons (Fsp3) is 0.500. The molecule has 4 rings (SSSR count). The zero-order chi connectivity index (χ0) is 18.5. The molecule has 8 nitrogen and oxygen atoms in total. The van der Waals surface area contributed by atoms with Crippen molar-refractivity contribution in [1.82, 2.24) is 29.1 Å². The molecule has 26 heavy (non-hydrogen) atoms. The highest BCUT2D eigenvalue weighted by Crippen LogP contribution is 2.33. The quantitative estimate of drug-likeness (QED) is 0.677. The molecule has 10 heteroatoms. The Morgan fingerprint density at radius 2 is 1.92 bits per heavy atom. The van der Waals surface area contributed by atoms with Gasteiger partial charge in [-0.25, -0.2) is 18.4 Å². The van der Waals surface area contributed by atoms with E-state index in [2.05, 4.69) is 20.2 Å². The lowest BCUT2D eigenvalue weighted by atomic mass is 9.92. The lowest BCUT2D eigenvalue weighted by Gasteiger charge is -2.31. The first-order chi connectivity index (χ1) is 12.4. The van der Waals surface area contributed by atoms with Crippen LogP contribution in [0.2, 0.25) is 0 Å². The second kappa shape index (κ2) is 6.36. The Labute approximate surface area is 155 Å². The van der Waals surface area contributed by atoms with E-state index < -0.39 is 10.0 Å². The average molecular weight is 393 g/mol. The topological polar surface area (TPSA) is 93.4 Å². The fourth-order valence-electron chi connectivity index (χ4n) is 3.51. The summed E-state index contributed by atoms with van der Waals surface area (Å²) in [7, 11) is -3.47. The summed E-state index contributed by atoms with van der Waals surface area (Å²) in [5.74, 6) is 0.222. The third-order valence-corrected chi connectivity index (χ3v) is 8.34. The smallest absolute Gasteiger partial charge is 0.245 e. The number of rotatable bonds is 3. The van der Waals surface area contributed by atoms with Gasteiger partial charge in [0.1, 0.15) is 6.33 Å². The van der Waals surface area contributed by atoms with E-state index in [0.29, 0.717) is 23.0 Å². The highest BCUT2D eigenvalue weighted by Gasteiger charge is 2.33. The van der Waals surface area contributed by atoms with Crippen LogP contribution in [0.4, 0.5) is 0 Å².